The number of carbonyl (C=O) groups is 1. The van der Waals surface area contributed by atoms with Gasteiger partial charge in [-0.15, -0.1) is 0 Å². The summed E-state index contributed by atoms with van der Waals surface area (Å²) in [7, 11) is 1.71. The second-order valence-electron chi connectivity index (χ2n) is 7.07. The van der Waals surface area contributed by atoms with Crippen molar-refractivity contribution >= 4 is 11.9 Å². The van der Waals surface area contributed by atoms with Crippen LogP contribution in [0, 0.1) is 5.82 Å². The number of nitrogens with one attached hydrogen (secondary N) is 3. The van der Waals surface area contributed by atoms with Gasteiger partial charge in [0.05, 0.1) is 19.1 Å². The van der Waals surface area contributed by atoms with E-state index >= 15 is 0 Å². The number of hydrogen-bond acceptors (Lipinski definition) is 3. The predicted octanol–water partition coefficient (Wildman–Crippen LogP) is 2.39. The van der Waals surface area contributed by atoms with Crippen molar-refractivity contribution in [1.29, 1.82) is 0 Å². The topological polar surface area (TPSA) is 74.8 Å². The molecule has 1 aromatic rings. The monoisotopic (exact) mass is 392 g/mol. The first-order chi connectivity index (χ1) is 13.7. The van der Waals surface area contributed by atoms with E-state index in [2.05, 4.69) is 20.9 Å². The van der Waals surface area contributed by atoms with Crippen molar-refractivity contribution in [3.8, 4) is 0 Å². The summed E-state index contributed by atoms with van der Waals surface area (Å²) >= 11 is 0. The van der Waals surface area contributed by atoms with Crippen LogP contribution >= 0.6 is 0 Å². The van der Waals surface area contributed by atoms with E-state index in [-0.39, 0.29) is 18.1 Å². The number of rotatable bonds is 9. The Morgan fingerprint density at radius 2 is 1.82 bits per heavy atom. The average Bonchev–Trinajstić information content (AvgIpc) is 2.95. The highest BCUT2D eigenvalue weighted by Crippen LogP contribution is 2.19. The normalized spacial score (nSPS) is 15.7. The van der Waals surface area contributed by atoms with E-state index in [1.54, 1.807) is 19.2 Å². The van der Waals surface area contributed by atoms with Crippen LogP contribution in [0.4, 0.5) is 4.39 Å². The van der Waals surface area contributed by atoms with Gasteiger partial charge in [-0.1, -0.05) is 37.8 Å². The van der Waals surface area contributed by atoms with E-state index in [0.29, 0.717) is 43.9 Å². The van der Waals surface area contributed by atoms with Gasteiger partial charge in [0.1, 0.15) is 5.82 Å². The van der Waals surface area contributed by atoms with Gasteiger partial charge in [-0.2, -0.15) is 0 Å². The number of halogens is 1. The lowest BCUT2D eigenvalue weighted by molar-refractivity contribution is -0.120. The van der Waals surface area contributed by atoms with Crippen LogP contribution in [0.1, 0.15) is 44.1 Å². The number of aliphatic imine (C=N–C) groups is 1. The molecule has 0 saturated heterocycles. The van der Waals surface area contributed by atoms with Gasteiger partial charge in [0, 0.05) is 26.7 Å². The van der Waals surface area contributed by atoms with Crippen molar-refractivity contribution in [1.82, 2.24) is 16.0 Å². The van der Waals surface area contributed by atoms with Gasteiger partial charge in [0.25, 0.3) is 0 Å². The summed E-state index contributed by atoms with van der Waals surface area (Å²) in [6.07, 6.45) is 8.10. The number of carbonyl (C=O) groups excluding carboxylic acids is 1. The molecule has 0 bridgehead atoms. The zero-order valence-electron chi connectivity index (χ0n) is 16.8. The smallest absolute Gasteiger partial charge is 0.224 e. The number of guanidine groups is 1. The molecule has 0 radical (unpaired) electrons. The molecular formula is C21H33FN4O2. The van der Waals surface area contributed by atoms with Crippen LogP contribution in [0.15, 0.2) is 29.3 Å². The maximum atomic E-state index is 13.1. The maximum absolute atomic E-state index is 13.1. The standard InChI is InChI=1S/C21H33FN4O2/c1-23-21(26-13-14-28-19-9-4-2-3-5-10-19)25-12-11-24-20(27)16-17-7-6-8-18(22)15-17/h6-8,15,19H,2-5,9-14,16H2,1H3,(H,24,27)(H2,23,25,26). The second-order valence-corrected chi connectivity index (χ2v) is 7.07. The molecule has 0 unspecified atom stereocenters. The molecule has 1 saturated carbocycles. The Morgan fingerprint density at radius 1 is 1.11 bits per heavy atom. The molecule has 1 aliphatic rings. The van der Waals surface area contributed by atoms with E-state index in [1.165, 1.54) is 50.7 Å². The molecule has 0 heterocycles. The zero-order chi connectivity index (χ0) is 20.0. The van der Waals surface area contributed by atoms with Crippen LogP contribution in [0.25, 0.3) is 0 Å². The van der Waals surface area contributed by atoms with Gasteiger partial charge >= 0.3 is 0 Å². The van der Waals surface area contributed by atoms with Gasteiger partial charge in [0.2, 0.25) is 5.91 Å². The van der Waals surface area contributed by atoms with E-state index < -0.39 is 0 Å². The van der Waals surface area contributed by atoms with E-state index in [0.717, 1.165) is 0 Å². The Labute approximate surface area is 167 Å². The summed E-state index contributed by atoms with van der Waals surface area (Å²) in [6.45, 7) is 2.38. The molecule has 0 aromatic heterocycles. The highest BCUT2D eigenvalue weighted by atomic mass is 19.1. The Balaban J connectivity index is 1.53. The fourth-order valence-electron chi connectivity index (χ4n) is 3.30. The van der Waals surface area contributed by atoms with Crippen molar-refractivity contribution < 1.29 is 13.9 Å². The molecular weight excluding hydrogens is 359 g/mol. The molecule has 1 amide bonds. The van der Waals surface area contributed by atoms with Crippen molar-refractivity contribution in [3.63, 3.8) is 0 Å². The van der Waals surface area contributed by atoms with Gasteiger partial charge in [-0.25, -0.2) is 4.39 Å². The van der Waals surface area contributed by atoms with Crippen LogP contribution in [0.2, 0.25) is 0 Å². The van der Waals surface area contributed by atoms with Gasteiger partial charge in [-0.05, 0) is 30.5 Å². The molecule has 28 heavy (non-hydrogen) atoms. The highest BCUT2D eigenvalue weighted by molar-refractivity contribution is 5.80. The molecule has 2 rings (SSSR count). The lowest BCUT2D eigenvalue weighted by Gasteiger charge is -2.17. The number of benzene rings is 1. The minimum atomic E-state index is -0.329. The average molecular weight is 393 g/mol. The third-order valence-corrected chi connectivity index (χ3v) is 4.77. The molecule has 1 fully saturated rings. The van der Waals surface area contributed by atoms with Crippen molar-refractivity contribution in [3.05, 3.63) is 35.6 Å². The van der Waals surface area contributed by atoms with Crippen molar-refractivity contribution in [2.24, 2.45) is 4.99 Å². The zero-order valence-corrected chi connectivity index (χ0v) is 16.8. The van der Waals surface area contributed by atoms with Gasteiger partial charge in [0.15, 0.2) is 5.96 Å². The number of amides is 1. The second kappa shape index (κ2) is 13.1. The summed E-state index contributed by atoms with van der Waals surface area (Å²) in [5.74, 6) is 0.223. The molecule has 0 atom stereocenters. The molecule has 1 aromatic carbocycles. The maximum Gasteiger partial charge on any atom is 0.224 e. The van der Waals surface area contributed by atoms with Crippen LogP contribution < -0.4 is 16.0 Å². The van der Waals surface area contributed by atoms with Crippen LogP contribution in [0.3, 0.4) is 0 Å². The molecule has 0 spiro atoms. The fraction of sp³-hybridized carbons (Fsp3) is 0.619. The number of ether oxygens (including phenoxy) is 1. The van der Waals surface area contributed by atoms with Gasteiger partial charge in [-0.3, -0.25) is 9.79 Å². The Morgan fingerprint density at radius 3 is 2.54 bits per heavy atom. The summed E-state index contributed by atoms with van der Waals surface area (Å²) < 4.78 is 19.1. The largest absolute Gasteiger partial charge is 0.376 e. The number of hydrogen-bond donors (Lipinski definition) is 3. The molecule has 3 N–H and O–H groups in total. The minimum Gasteiger partial charge on any atom is -0.376 e. The molecule has 0 aliphatic heterocycles. The van der Waals surface area contributed by atoms with Crippen LogP contribution in [0.5, 0.6) is 0 Å². The lowest BCUT2D eigenvalue weighted by atomic mass is 10.1. The van der Waals surface area contributed by atoms with E-state index in [4.69, 9.17) is 4.74 Å². The molecule has 6 nitrogen and oxygen atoms in total. The minimum absolute atomic E-state index is 0.132. The summed E-state index contributed by atoms with van der Waals surface area (Å²) in [5.41, 5.74) is 0.664. The lowest BCUT2D eigenvalue weighted by Crippen LogP contribution is -2.42. The SMILES string of the molecule is CN=C(NCCNC(=O)Cc1cccc(F)c1)NCCOC1CCCCCC1. The predicted molar refractivity (Wildman–Crippen MR) is 110 cm³/mol. The van der Waals surface area contributed by atoms with Gasteiger partial charge < -0.3 is 20.7 Å². The quantitative estimate of drug-likeness (QED) is 0.261. The van der Waals surface area contributed by atoms with Crippen molar-refractivity contribution in [2.75, 3.05) is 33.3 Å². The van der Waals surface area contributed by atoms with Crippen LogP contribution in [-0.2, 0) is 16.0 Å². The fourth-order valence-corrected chi connectivity index (χ4v) is 3.30. The highest BCUT2D eigenvalue weighted by Gasteiger charge is 2.12. The first-order valence-corrected chi connectivity index (χ1v) is 10.2. The Bertz CT molecular complexity index is 616. The third kappa shape index (κ3) is 9.17. The molecule has 156 valence electrons. The summed E-state index contributed by atoms with van der Waals surface area (Å²) in [5, 5.41) is 9.19. The summed E-state index contributed by atoms with van der Waals surface area (Å²) in [6, 6.07) is 6.09. The van der Waals surface area contributed by atoms with E-state index in [1.807, 2.05) is 0 Å². The number of nitrogens with zero attached hydrogens (tertiary/aromatic N) is 1. The molecule has 1 aliphatic carbocycles. The summed E-state index contributed by atoms with van der Waals surface area (Å²) in [4.78, 5) is 16.1. The van der Waals surface area contributed by atoms with Crippen molar-refractivity contribution in [2.45, 2.75) is 51.0 Å². The molecule has 7 heteroatoms. The Kier molecular flexibility index (Phi) is 10.4. The first-order valence-electron chi connectivity index (χ1n) is 10.2. The van der Waals surface area contributed by atoms with Crippen LogP contribution in [-0.4, -0.2) is 51.3 Å². The third-order valence-electron chi connectivity index (χ3n) is 4.77. The first kappa shape index (κ1) is 22.1. The Hall–Kier alpha value is -2.15. The van der Waals surface area contributed by atoms with E-state index in [9.17, 15) is 9.18 Å².